The molecule has 3 heterocycles. The van der Waals surface area contributed by atoms with Gasteiger partial charge in [0.25, 0.3) is 5.89 Å². The van der Waals surface area contributed by atoms with E-state index in [1.165, 1.54) is 6.26 Å². The van der Waals surface area contributed by atoms with Crippen LogP contribution in [0, 0.1) is 0 Å². The topological polar surface area (TPSA) is 102 Å². The zero-order valence-electron chi connectivity index (χ0n) is 10.6. The summed E-state index contributed by atoms with van der Waals surface area (Å²) in [6.07, 6.45) is 0.721. The molecular weight excluding hydrogens is 266 g/mol. The molecule has 0 spiro atoms. The summed E-state index contributed by atoms with van der Waals surface area (Å²) in [5, 5.41) is 12.8. The first-order chi connectivity index (χ1) is 9.72. The van der Waals surface area contributed by atoms with Crippen molar-refractivity contribution in [1.82, 2.24) is 15.0 Å². The summed E-state index contributed by atoms with van der Waals surface area (Å²) in [7, 11) is 0. The number of morpholine rings is 1. The number of furan rings is 1. The van der Waals surface area contributed by atoms with Crippen LogP contribution in [0.3, 0.4) is 0 Å². The second kappa shape index (κ2) is 5.43. The van der Waals surface area contributed by atoms with E-state index in [4.69, 9.17) is 18.8 Å². The van der Waals surface area contributed by atoms with Crippen molar-refractivity contribution in [2.24, 2.45) is 0 Å². The van der Waals surface area contributed by atoms with Crippen LogP contribution in [0.1, 0.15) is 5.82 Å². The van der Waals surface area contributed by atoms with Gasteiger partial charge in [-0.3, -0.25) is 4.90 Å². The summed E-state index contributed by atoms with van der Waals surface area (Å²) in [6, 6.07) is 3.46. The Hall–Kier alpha value is -2.19. The molecule has 0 saturated carbocycles. The molecule has 0 aromatic carbocycles. The van der Waals surface area contributed by atoms with Crippen molar-refractivity contribution in [3.05, 3.63) is 24.2 Å². The first kappa shape index (κ1) is 12.8. The van der Waals surface area contributed by atoms with E-state index in [0.29, 0.717) is 43.7 Å². The van der Waals surface area contributed by atoms with E-state index in [2.05, 4.69) is 10.1 Å². The first-order valence-electron chi connectivity index (χ1n) is 6.15. The average molecular weight is 279 g/mol. The second-order valence-corrected chi connectivity index (χ2v) is 4.43. The third kappa shape index (κ3) is 2.70. The molecule has 2 aromatic rings. The number of nitrogens with zero attached hydrogens (tertiary/aromatic N) is 3. The van der Waals surface area contributed by atoms with Crippen molar-refractivity contribution >= 4 is 5.97 Å². The van der Waals surface area contributed by atoms with Crippen LogP contribution in [-0.4, -0.2) is 51.9 Å². The van der Waals surface area contributed by atoms with Gasteiger partial charge < -0.3 is 18.8 Å². The fraction of sp³-hybridized carbons (Fsp3) is 0.417. The molecule has 0 aliphatic carbocycles. The maximum Gasteiger partial charge on any atom is 0.334 e. The lowest BCUT2D eigenvalue weighted by atomic mass is 10.2. The number of aliphatic carboxylic acids is 1. The Morgan fingerprint density at radius 3 is 3.20 bits per heavy atom. The fourth-order valence-electron chi connectivity index (χ4n) is 2.01. The standard InChI is InChI=1S/C12H13N3O5/c16-12(17)9-6-15(3-5-19-9)7-10-13-11(20-14-10)8-2-1-4-18-8/h1-2,4,9H,3,5-7H2,(H,16,17). The zero-order chi connectivity index (χ0) is 13.9. The molecule has 1 saturated heterocycles. The summed E-state index contributed by atoms with van der Waals surface area (Å²) in [4.78, 5) is 17.0. The number of carbonyl (C=O) groups is 1. The number of carboxylic acids is 1. The number of hydrogen-bond acceptors (Lipinski definition) is 7. The van der Waals surface area contributed by atoms with Gasteiger partial charge in [-0.2, -0.15) is 4.98 Å². The Bertz CT molecular complexity index is 580. The molecule has 0 amide bonds. The van der Waals surface area contributed by atoms with Gasteiger partial charge in [0.05, 0.1) is 19.4 Å². The molecule has 106 valence electrons. The zero-order valence-corrected chi connectivity index (χ0v) is 10.6. The Morgan fingerprint density at radius 2 is 2.45 bits per heavy atom. The smallest absolute Gasteiger partial charge is 0.334 e. The summed E-state index contributed by atoms with van der Waals surface area (Å²) >= 11 is 0. The molecule has 1 fully saturated rings. The van der Waals surface area contributed by atoms with Crippen LogP contribution in [0.2, 0.25) is 0 Å². The maximum absolute atomic E-state index is 10.9. The molecule has 1 unspecified atom stereocenters. The third-order valence-corrected chi connectivity index (χ3v) is 2.99. The Labute approximate surface area is 113 Å². The highest BCUT2D eigenvalue weighted by molar-refractivity contribution is 5.72. The maximum atomic E-state index is 10.9. The number of aromatic nitrogens is 2. The number of carboxylic acid groups (broad SMARTS) is 1. The highest BCUT2D eigenvalue weighted by Gasteiger charge is 2.27. The summed E-state index contributed by atoms with van der Waals surface area (Å²) in [5.41, 5.74) is 0. The summed E-state index contributed by atoms with van der Waals surface area (Å²) in [6.45, 7) is 1.73. The molecule has 1 N–H and O–H groups in total. The van der Waals surface area contributed by atoms with Crippen LogP contribution in [0.25, 0.3) is 11.7 Å². The van der Waals surface area contributed by atoms with Gasteiger partial charge in [0.2, 0.25) is 0 Å². The Kier molecular flexibility index (Phi) is 3.48. The summed E-state index contributed by atoms with van der Waals surface area (Å²) in [5.74, 6) is 0.351. The van der Waals surface area contributed by atoms with Crippen LogP contribution in [-0.2, 0) is 16.1 Å². The van der Waals surface area contributed by atoms with Crippen LogP contribution in [0.15, 0.2) is 27.3 Å². The van der Waals surface area contributed by atoms with E-state index < -0.39 is 12.1 Å². The number of rotatable bonds is 4. The largest absolute Gasteiger partial charge is 0.479 e. The minimum atomic E-state index is -0.959. The van der Waals surface area contributed by atoms with Crippen molar-refractivity contribution in [3.8, 4) is 11.7 Å². The van der Waals surface area contributed by atoms with Crippen molar-refractivity contribution in [1.29, 1.82) is 0 Å². The fourth-order valence-corrected chi connectivity index (χ4v) is 2.01. The van der Waals surface area contributed by atoms with E-state index in [-0.39, 0.29) is 0 Å². The molecule has 1 aliphatic heterocycles. The highest BCUT2D eigenvalue weighted by atomic mass is 16.5. The highest BCUT2D eigenvalue weighted by Crippen LogP contribution is 2.18. The van der Waals surface area contributed by atoms with Gasteiger partial charge in [0.15, 0.2) is 17.7 Å². The van der Waals surface area contributed by atoms with E-state index >= 15 is 0 Å². The molecule has 1 aliphatic rings. The van der Waals surface area contributed by atoms with E-state index in [0.717, 1.165) is 0 Å². The van der Waals surface area contributed by atoms with Gasteiger partial charge >= 0.3 is 5.97 Å². The average Bonchev–Trinajstić information content (AvgIpc) is 3.09. The van der Waals surface area contributed by atoms with Crippen molar-refractivity contribution in [3.63, 3.8) is 0 Å². The molecule has 8 heteroatoms. The lowest BCUT2D eigenvalue weighted by Gasteiger charge is -2.29. The van der Waals surface area contributed by atoms with Gasteiger partial charge in [-0.15, -0.1) is 0 Å². The lowest BCUT2D eigenvalue weighted by Crippen LogP contribution is -2.45. The molecule has 0 bridgehead atoms. The molecular formula is C12H13N3O5. The quantitative estimate of drug-likeness (QED) is 0.868. The summed E-state index contributed by atoms with van der Waals surface area (Å²) < 4.78 is 15.4. The van der Waals surface area contributed by atoms with E-state index in [9.17, 15) is 4.79 Å². The van der Waals surface area contributed by atoms with Crippen LogP contribution in [0.5, 0.6) is 0 Å². The van der Waals surface area contributed by atoms with Gasteiger partial charge in [-0.1, -0.05) is 5.16 Å². The van der Waals surface area contributed by atoms with Gasteiger partial charge in [-0.05, 0) is 12.1 Å². The van der Waals surface area contributed by atoms with Crippen molar-refractivity contribution in [2.45, 2.75) is 12.6 Å². The Balaban J connectivity index is 1.64. The molecule has 3 rings (SSSR count). The van der Waals surface area contributed by atoms with Crippen LogP contribution < -0.4 is 0 Å². The molecule has 0 radical (unpaired) electrons. The molecule has 8 nitrogen and oxygen atoms in total. The monoisotopic (exact) mass is 279 g/mol. The second-order valence-electron chi connectivity index (χ2n) is 4.43. The molecule has 1 atom stereocenters. The van der Waals surface area contributed by atoms with E-state index in [1.54, 1.807) is 12.1 Å². The van der Waals surface area contributed by atoms with Gasteiger partial charge in [-0.25, -0.2) is 4.79 Å². The number of ether oxygens (including phenoxy) is 1. The van der Waals surface area contributed by atoms with Crippen LogP contribution in [0.4, 0.5) is 0 Å². The number of hydrogen-bond donors (Lipinski definition) is 1. The van der Waals surface area contributed by atoms with Crippen molar-refractivity contribution < 1.29 is 23.6 Å². The molecule has 20 heavy (non-hydrogen) atoms. The van der Waals surface area contributed by atoms with Crippen molar-refractivity contribution in [2.75, 3.05) is 19.7 Å². The predicted octanol–water partition coefficient (Wildman–Crippen LogP) is 0.615. The third-order valence-electron chi connectivity index (χ3n) is 2.99. The first-order valence-corrected chi connectivity index (χ1v) is 6.15. The SMILES string of the molecule is O=C(O)C1CN(Cc2noc(-c3ccco3)n2)CCO1. The van der Waals surface area contributed by atoms with E-state index in [1.807, 2.05) is 4.90 Å². The predicted molar refractivity (Wildman–Crippen MR) is 64.7 cm³/mol. The molecule has 2 aromatic heterocycles. The normalized spacial score (nSPS) is 20.1. The minimum Gasteiger partial charge on any atom is -0.479 e. The van der Waals surface area contributed by atoms with Gasteiger partial charge in [0, 0.05) is 13.1 Å². The van der Waals surface area contributed by atoms with Gasteiger partial charge in [0.1, 0.15) is 0 Å². The Morgan fingerprint density at radius 1 is 1.55 bits per heavy atom. The lowest BCUT2D eigenvalue weighted by molar-refractivity contribution is -0.156. The minimum absolute atomic E-state index is 0.306. The van der Waals surface area contributed by atoms with Crippen LogP contribution >= 0.6 is 0 Å².